The molecule has 8 nitrogen and oxygen atoms in total. The highest BCUT2D eigenvalue weighted by atomic mass is 16.6. The van der Waals surface area contributed by atoms with Gasteiger partial charge in [0.15, 0.2) is 0 Å². The Hall–Kier alpha value is -3.68. The number of benzene rings is 2. The Labute approximate surface area is 181 Å². The second kappa shape index (κ2) is 9.42. The molecule has 1 N–H and O–H groups in total. The minimum Gasteiger partial charge on any atom is -0.494 e. The van der Waals surface area contributed by atoms with Crippen LogP contribution in [0.3, 0.4) is 0 Å². The number of anilines is 1. The third kappa shape index (κ3) is 5.09. The number of carbonyl (C=O) groups is 1. The summed E-state index contributed by atoms with van der Waals surface area (Å²) in [4.78, 5) is 23.4. The number of carbonyl (C=O) groups excluding carboxylic acids is 1. The largest absolute Gasteiger partial charge is 0.494 e. The van der Waals surface area contributed by atoms with Gasteiger partial charge in [0.2, 0.25) is 0 Å². The number of aryl methyl sites for hydroxylation is 2. The normalized spacial score (nSPS) is 10.7. The molecule has 3 rings (SSSR count). The van der Waals surface area contributed by atoms with Gasteiger partial charge in [-0.3, -0.25) is 19.6 Å². The fraction of sp³-hybridized carbons (Fsp3) is 0.304. The van der Waals surface area contributed by atoms with Crippen molar-refractivity contribution >= 4 is 17.3 Å². The van der Waals surface area contributed by atoms with Crippen LogP contribution in [0.15, 0.2) is 42.5 Å². The average molecular weight is 422 g/mol. The second-order valence-corrected chi connectivity index (χ2v) is 7.41. The van der Waals surface area contributed by atoms with Crippen molar-refractivity contribution in [2.75, 3.05) is 11.9 Å². The summed E-state index contributed by atoms with van der Waals surface area (Å²) in [5.74, 6) is 0.574. The van der Waals surface area contributed by atoms with Gasteiger partial charge in [-0.05, 0) is 68.7 Å². The standard InChI is InChI=1S/C23H26N4O4/c1-5-12-31-20-10-11-21(15(2)13-20)24-23(28)19-8-6-18(7-9-19)14-26-17(4)22(27(29)30)16(3)25-26/h6-11,13H,5,12,14H2,1-4H3,(H,24,28). The molecule has 0 fully saturated rings. The first-order valence-electron chi connectivity index (χ1n) is 10.1. The lowest BCUT2D eigenvalue weighted by molar-refractivity contribution is -0.386. The third-order valence-electron chi connectivity index (χ3n) is 4.99. The molecule has 0 atom stereocenters. The van der Waals surface area contributed by atoms with Gasteiger partial charge in [-0.15, -0.1) is 0 Å². The van der Waals surface area contributed by atoms with Gasteiger partial charge < -0.3 is 10.1 Å². The molecule has 0 aliphatic heterocycles. The zero-order valence-corrected chi connectivity index (χ0v) is 18.1. The molecular weight excluding hydrogens is 396 g/mol. The fourth-order valence-electron chi connectivity index (χ4n) is 3.32. The van der Waals surface area contributed by atoms with Crippen LogP contribution in [-0.4, -0.2) is 27.2 Å². The Morgan fingerprint density at radius 3 is 2.45 bits per heavy atom. The number of rotatable bonds is 8. The molecule has 0 aliphatic rings. The average Bonchev–Trinajstić information content (AvgIpc) is 3.01. The number of ether oxygens (including phenoxy) is 1. The molecule has 31 heavy (non-hydrogen) atoms. The van der Waals surface area contributed by atoms with Gasteiger partial charge in [0.05, 0.1) is 18.1 Å². The number of aromatic nitrogens is 2. The van der Waals surface area contributed by atoms with Gasteiger partial charge in [0.1, 0.15) is 17.1 Å². The molecule has 162 valence electrons. The molecule has 0 radical (unpaired) electrons. The molecule has 3 aromatic rings. The summed E-state index contributed by atoms with van der Waals surface area (Å²) in [5, 5.41) is 18.4. The number of amides is 1. The van der Waals surface area contributed by atoms with E-state index < -0.39 is 4.92 Å². The number of nitro groups is 1. The summed E-state index contributed by atoms with van der Waals surface area (Å²) in [7, 11) is 0. The van der Waals surface area contributed by atoms with Crippen LogP contribution in [0.2, 0.25) is 0 Å². The van der Waals surface area contributed by atoms with Crippen LogP contribution in [0.5, 0.6) is 5.75 Å². The zero-order chi connectivity index (χ0) is 22.5. The van der Waals surface area contributed by atoms with Crippen molar-refractivity contribution in [3.63, 3.8) is 0 Å². The first-order valence-corrected chi connectivity index (χ1v) is 10.1. The Morgan fingerprint density at radius 1 is 1.16 bits per heavy atom. The maximum Gasteiger partial charge on any atom is 0.312 e. The summed E-state index contributed by atoms with van der Waals surface area (Å²) >= 11 is 0. The molecule has 1 amide bonds. The Kier molecular flexibility index (Phi) is 6.69. The van der Waals surface area contributed by atoms with Crippen molar-refractivity contribution in [3.8, 4) is 5.75 Å². The Balaban J connectivity index is 1.68. The summed E-state index contributed by atoms with van der Waals surface area (Å²) in [6, 6.07) is 12.7. The fourth-order valence-corrected chi connectivity index (χ4v) is 3.32. The van der Waals surface area contributed by atoms with Crippen molar-refractivity contribution in [2.24, 2.45) is 0 Å². The van der Waals surface area contributed by atoms with E-state index in [4.69, 9.17) is 4.74 Å². The molecular formula is C23H26N4O4. The molecule has 8 heteroatoms. The maximum atomic E-state index is 12.6. The van der Waals surface area contributed by atoms with E-state index in [2.05, 4.69) is 10.4 Å². The van der Waals surface area contributed by atoms with Crippen molar-refractivity contribution < 1.29 is 14.5 Å². The van der Waals surface area contributed by atoms with Gasteiger partial charge in [-0.2, -0.15) is 5.10 Å². The highest BCUT2D eigenvalue weighted by Crippen LogP contribution is 2.24. The van der Waals surface area contributed by atoms with E-state index in [0.29, 0.717) is 30.1 Å². The van der Waals surface area contributed by atoms with Crippen LogP contribution in [0.25, 0.3) is 0 Å². The minimum absolute atomic E-state index is 0.0393. The van der Waals surface area contributed by atoms with E-state index in [1.54, 1.807) is 30.7 Å². The number of hydrogen-bond acceptors (Lipinski definition) is 5. The molecule has 0 bridgehead atoms. The quantitative estimate of drug-likeness (QED) is 0.415. The molecule has 0 aliphatic carbocycles. The number of nitrogens with zero attached hydrogens (tertiary/aromatic N) is 3. The van der Waals surface area contributed by atoms with Gasteiger partial charge in [0.25, 0.3) is 5.91 Å². The van der Waals surface area contributed by atoms with E-state index in [1.165, 1.54) is 0 Å². The molecule has 0 saturated heterocycles. The van der Waals surface area contributed by atoms with E-state index in [1.807, 2.05) is 44.2 Å². The summed E-state index contributed by atoms with van der Waals surface area (Å²) in [5.41, 5.74) is 4.00. The van der Waals surface area contributed by atoms with Crippen LogP contribution in [0.4, 0.5) is 11.4 Å². The van der Waals surface area contributed by atoms with E-state index >= 15 is 0 Å². The monoisotopic (exact) mass is 422 g/mol. The second-order valence-electron chi connectivity index (χ2n) is 7.41. The van der Waals surface area contributed by atoms with Crippen molar-refractivity contribution in [3.05, 3.63) is 80.7 Å². The molecule has 1 heterocycles. The van der Waals surface area contributed by atoms with Gasteiger partial charge in [-0.25, -0.2) is 0 Å². The third-order valence-corrected chi connectivity index (χ3v) is 4.99. The van der Waals surface area contributed by atoms with Crippen molar-refractivity contribution in [1.29, 1.82) is 0 Å². The topological polar surface area (TPSA) is 99.3 Å². The van der Waals surface area contributed by atoms with Crippen LogP contribution < -0.4 is 10.1 Å². The lowest BCUT2D eigenvalue weighted by Crippen LogP contribution is -2.13. The highest BCUT2D eigenvalue weighted by molar-refractivity contribution is 6.04. The van der Waals surface area contributed by atoms with E-state index in [-0.39, 0.29) is 11.6 Å². The number of nitrogens with one attached hydrogen (secondary N) is 1. The lowest BCUT2D eigenvalue weighted by Gasteiger charge is -2.11. The van der Waals surface area contributed by atoms with Crippen LogP contribution in [0.1, 0.15) is 46.2 Å². The van der Waals surface area contributed by atoms with Crippen molar-refractivity contribution in [1.82, 2.24) is 9.78 Å². The van der Waals surface area contributed by atoms with E-state index in [9.17, 15) is 14.9 Å². The lowest BCUT2D eigenvalue weighted by atomic mass is 10.1. The maximum absolute atomic E-state index is 12.6. The van der Waals surface area contributed by atoms with Crippen LogP contribution >= 0.6 is 0 Å². The number of hydrogen-bond donors (Lipinski definition) is 1. The predicted molar refractivity (Wildman–Crippen MR) is 119 cm³/mol. The molecule has 0 unspecified atom stereocenters. The zero-order valence-electron chi connectivity index (χ0n) is 18.1. The van der Waals surface area contributed by atoms with Crippen LogP contribution in [-0.2, 0) is 6.54 Å². The SMILES string of the molecule is CCCOc1ccc(NC(=O)c2ccc(Cn3nc(C)c([N+](=O)[O-])c3C)cc2)c(C)c1. The smallest absolute Gasteiger partial charge is 0.312 e. The Bertz CT molecular complexity index is 1100. The first kappa shape index (κ1) is 22.0. The van der Waals surface area contributed by atoms with Gasteiger partial charge >= 0.3 is 5.69 Å². The molecule has 0 spiro atoms. The predicted octanol–water partition coefficient (Wildman–Crippen LogP) is 4.81. The molecule has 0 saturated carbocycles. The van der Waals surface area contributed by atoms with Crippen LogP contribution in [0, 0.1) is 30.9 Å². The van der Waals surface area contributed by atoms with Crippen molar-refractivity contribution in [2.45, 2.75) is 40.7 Å². The molecule has 2 aromatic carbocycles. The van der Waals surface area contributed by atoms with Gasteiger partial charge in [0, 0.05) is 11.3 Å². The summed E-state index contributed by atoms with van der Waals surface area (Å²) < 4.78 is 7.22. The Morgan fingerprint density at radius 2 is 1.87 bits per heavy atom. The first-order chi connectivity index (χ1) is 14.8. The minimum atomic E-state index is -0.411. The van der Waals surface area contributed by atoms with E-state index in [0.717, 1.165) is 29.0 Å². The highest BCUT2D eigenvalue weighted by Gasteiger charge is 2.21. The molecule has 1 aromatic heterocycles. The summed E-state index contributed by atoms with van der Waals surface area (Å²) in [6.45, 7) is 8.32. The van der Waals surface area contributed by atoms with Gasteiger partial charge in [-0.1, -0.05) is 19.1 Å². The summed E-state index contributed by atoms with van der Waals surface area (Å²) in [6.07, 6.45) is 0.935.